The van der Waals surface area contributed by atoms with Crippen molar-refractivity contribution in [1.29, 1.82) is 0 Å². The zero-order valence-electron chi connectivity index (χ0n) is 67.6. The molecule has 0 aromatic rings. The fourth-order valence-corrected chi connectivity index (χ4v) is 14.6. The highest BCUT2D eigenvalue weighted by atomic mass is 31.2. The van der Waals surface area contributed by atoms with Crippen LogP contribution >= 0.6 is 15.6 Å². The minimum absolute atomic E-state index is 0.107. The van der Waals surface area contributed by atoms with Gasteiger partial charge < -0.3 is 33.8 Å². The van der Waals surface area contributed by atoms with Crippen LogP contribution in [0.15, 0.2) is 0 Å². The molecule has 0 amide bonds. The smallest absolute Gasteiger partial charge is 0.462 e. The second-order valence-corrected chi connectivity index (χ2v) is 33.8. The minimum atomic E-state index is -4.96. The normalized spacial score (nSPS) is 14.1. The Balaban J connectivity index is 5.26. The molecular formula is C84H164O17P2. The second-order valence-electron chi connectivity index (χ2n) is 30.9. The maximum atomic E-state index is 13.1. The summed E-state index contributed by atoms with van der Waals surface area (Å²) in [4.78, 5) is 73.2. The summed E-state index contributed by atoms with van der Waals surface area (Å²) in [6.07, 6.45) is 66.5. The van der Waals surface area contributed by atoms with Crippen LogP contribution < -0.4 is 0 Å². The van der Waals surface area contributed by atoms with E-state index in [4.69, 9.17) is 37.0 Å². The van der Waals surface area contributed by atoms with Gasteiger partial charge in [-0.05, 0) is 37.5 Å². The van der Waals surface area contributed by atoms with Crippen molar-refractivity contribution in [3.8, 4) is 0 Å². The summed E-state index contributed by atoms with van der Waals surface area (Å²) in [5.41, 5.74) is 0. The Hall–Kier alpha value is -1.94. The zero-order valence-corrected chi connectivity index (χ0v) is 69.4. The minimum Gasteiger partial charge on any atom is -0.462 e. The molecule has 0 rings (SSSR count). The van der Waals surface area contributed by atoms with Gasteiger partial charge in [0.1, 0.15) is 19.3 Å². The molecule has 0 aromatic carbocycles. The molecule has 0 aliphatic heterocycles. The Morgan fingerprint density at radius 3 is 0.738 bits per heavy atom. The molecule has 0 spiro atoms. The molecule has 0 radical (unpaired) electrons. The third-order valence-corrected chi connectivity index (χ3v) is 22.0. The van der Waals surface area contributed by atoms with Gasteiger partial charge in [-0.15, -0.1) is 0 Å². The van der Waals surface area contributed by atoms with Crippen molar-refractivity contribution >= 4 is 39.5 Å². The molecule has 0 fully saturated rings. The summed E-state index contributed by atoms with van der Waals surface area (Å²) in [6, 6.07) is 0. The van der Waals surface area contributed by atoms with Gasteiger partial charge in [0, 0.05) is 25.7 Å². The number of unbranched alkanes of at least 4 members (excludes halogenated alkanes) is 52. The number of ether oxygens (including phenoxy) is 4. The molecule has 3 unspecified atom stereocenters. The summed E-state index contributed by atoms with van der Waals surface area (Å²) in [5, 5.41) is 10.7. The van der Waals surface area contributed by atoms with Crippen molar-refractivity contribution in [3.63, 3.8) is 0 Å². The van der Waals surface area contributed by atoms with E-state index in [1.54, 1.807) is 0 Å². The number of carbonyl (C=O) groups is 4. The van der Waals surface area contributed by atoms with Crippen molar-refractivity contribution < 1.29 is 80.2 Å². The topological polar surface area (TPSA) is 237 Å². The van der Waals surface area contributed by atoms with Gasteiger partial charge in [0.2, 0.25) is 0 Å². The van der Waals surface area contributed by atoms with E-state index in [2.05, 4.69) is 41.5 Å². The molecule has 0 saturated heterocycles. The molecule has 0 bridgehead atoms. The summed E-state index contributed by atoms with van der Waals surface area (Å²) in [5.74, 6) is -0.494. The molecule has 0 saturated carbocycles. The molecule has 612 valence electrons. The summed E-state index contributed by atoms with van der Waals surface area (Å²) >= 11 is 0. The van der Waals surface area contributed by atoms with E-state index >= 15 is 0 Å². The van der Waals surface area contributed by atoms with E-state index in [1.807, 2.05) is 0 Å². The Bertz CT molecular complexity index is 1980. The molecular weight excluding hydrogens is 1340 g/mol. The Labute approximate surface area is 632 Å². The molecule has 17 nitrogen and oxygen atoms in total. The Kier molecular flexibility index (Phi) is 74.1. The lowest BCUT2D eigenvalue weighted by Crippen LogP contribution is -2.30. The molecule has 0 aliphatic carbocycles. The number of phosphoric ester groups is 2. The lowest BCUT2D eigenvalue weighted by molar-refractivity contribution is -0.161. The standard InChI is InChI=1S/C84H164O17P2/c1-7-10-12-14-16-18-20-22-23-24-25-26-29-33-37-44-50-56-62-68-83(88)100-79(72-95-82(87)67-61-55-49-43-36-32-30-27-28-31-34-40-46-52-58-64-76(4)5)74-98-102(90,91)96-70-78(85)71-97-103(92,93)99-75-80(73-94-81(86)66-60-54-48-42-35-21-19-17-15-13-11-8-2)101-84(89)69-63-57-51-45-39-38-41-47-53-59-65-77(6)9-3/h76-80,85H,7-75H2,1-6H3,(H,90,91)(H,92,93)/t77?,78-,79-,80-/m1/s1. The third-order valence-electron chi connectivity index (χ3n) is 20.1. The molecule has 0 heterocycles. The number of aliphatic hydroxyl groups is 1. The molecule has 0 aromatic heterocycles. The Morgan fingerprint density at radius 1 is 0.282 bits per heavy atom. The van der Waals surface area contributed by atoms with Crippen LogP contribution in [0.2, 0.25) is 0 Å². The maximum absolute atomic E-state index is 13.1. The lowest BCUT2D eigenvalue weighted by atomic mass is 9.99. The molecule has 3 N–H and O–H groups in total. The van der Waals surface area contributed by atoms with Crippen LogP contribution in [-0.4, -0.2) is 96.7 Å². The van der Waals surface area contributed by atoms with E-state index in [0.29, 0.717) is 25.7 Å². The van der Waals surface area contributed by atoms with E-state index in [0.717, 1.165) is 102 Å². The van der Waals surface area contributed by atoms with Crippen LogP contribution in [-0.2, 0) is 65.4 Å². The number of hydrogen-bond donors (Lipinski definition) is 3. The lowest BCUT2D eigenvalue weighted by Gasteiger charge is -2.21. The van der Waals surface area contributed by atoms with Gasteiger partial charge in [0.15, 0.2) is 12.2 Å². The summed E-state index contributed by atoms with van der Waals surface area (Å²) in [6.45, 7) is 9.71. The summed E-state index contributed by atoms with van der Waals surface area (Å²) < 4.78 is 68.9. The highest BCUT2D eigenvalue weighted by Gasteiger charge is 2.30. The van der Waals surface area contributed by atoms with E-state index in [9.17, 15) is 43.2 Å². The summed E-state index contributed by atoms with van der Waals surface area (Å²) in [7, 11) is -9.93. The average molecular weight is 1510 g/mol. The first-order chi connectivity index (χ1) is 49.9. The molecule has 6 atom stereocenters. The highest BCUT2D eigenvalue weighted by molar-refractivity contribution is 7.47. The van der Waals surface area contributed by atoms with Crippen molar-refractivity contribution in [2.24, 2.45) is 11.8 Å². The van der Waals surface area contributed by atoms with Crippen LogP contribution in [0.4, 0.5) is 0 Å². The quantitative estimate of drug-likeness (QED) is 0.0222. The number of phosphoric acid groups is 2. The predicted molar refractivity (Wildman–Crippen MR) is 423 cm³/mol. The highest BCUT2D eigenvalue weighted by Crippen LogP contribution is 2.45. The van der Waals surface area contributed by atoms with Crippen molar-refractivity contribution in [2.75, 3.05) is 39.6 Å². The maximum Gasteiger partial charge on any atom is 0.472 e. The van der Waals surface area contributed by atoms with Gasteiger partial charge in [-0.1, -0.05) is 395 Å². The van der Waals surface area contributed by atoms with Gasteiger partial charge in [0.25, 0.3) is 0 Å². The SMILES string of the molecule is CCCCCCCCCCCCCCCCCCCCCC(=O)O[C@H](COC(=O)CCCCCCCCCCCCCCCCCC(C)C)COP(=O)(O)OC[C@@H](O)COP(=O)(O)OC[C@@H](COC(=O)CCCCCCCCCCCCCC)OC(=O)CCCCCCCCCCCCC(C)CC. The van der Waals surface area contributed by atoms with Crippen LogP contribution in [0.5, 0.6) is 0 Å². The predicted octanol–water partition coefficient (Wildman–Crippen LogP) is 25.5. The van der Waals surface area contributed by atoms with Gasteiger partial charge in [-0.25, -0.2) is 9.13 Å². The first-order valence-corrected chi connectivity index (χ1v) is 46.5. The van der Waals surface area contributed by atoms with Gasteiger partial charge in [-0.2, -0.15) is 0 Å². The van der Waals surface area contributed by atoms with E-state index < -0.39 is 97.5 Å². The van der Waals surface area contributed by atoms with Crippen molar-refractivity contribution in [3.05, 3.63) is 0 Å². The number of esters is 4. The van der Waals surface area contributed by atoms with Crippen molar-refractivity contribution in [1.82, 2.24) is 0 Å². The number of carbonyl (C=O) groups excluding carboxylic acids is 4. The number of rotatable bonds is 83. The fourth-order valence-electron chi connectivity index (χ4n) is 13.0. The van der Waals surface area contributed by atoms with Crippen LogP contribution in [0, 0.1) is 11.8 Å². The van der Waals surface area contributed by atoms with Crippen LogP contribution in [0.3, 0.4) is 0 Å². The first-order valence-electron chi connectivity index (χ1n) is 43.5. The monoisotopic (exact) mass is 1510 g/mol. The van der Waals surface area contributed by atoms with Crippen LogP contribution in [0.1, 0.15) is 446 Å². The zero-order chi connectivity index (χ0) is 75.6. The third kappa shape index (κ3) is 76.6. The Morgan fingerprint density at radius 2 is 0.495 bits per heavy atom. The second kappa shape index (κ2) is 75.5. The van der Waals surface area contributed by atoms with Gasteiger partial charge in [0.05, 0.1) is 26.4 Å². The average Bonchev–Trinajstić information content (AvgIpc) is 0.910. The van der Waals surface area contributed by atoms with E-state index in [1.165, 1.54) is 263 Å². The molecule has 0 aliphatic rings. The number of aliphatic hydroxyl groups excluding tert-OH is 1. The molecule has 103 heavy (non-hydrogen) atoms. The number of hydrogen-bond acceptors (Lipinski definition) is 15. The van der Waals surface area contributed by atoms with Crippen molar-refractivity contribution in [2.45, 2.75) is 464 Å². The van der Waals surface area contributed by atoms with Crippen LogP contribution in [0.25, 0.3) is 0 Å². The van der Waals surface area contributed by atoms with Gasteiger partial charge >= 0.3 is 39.5 Å². The fraction of sp³-hybridized carbons (Fsp3) is 0.952. The molecule has 19 heteroatoms. The first kappa shape index (κ1) is 101. The van der Waals surface area contributed by atoms with E-state index in [-0.39, 0.29) is 25.7 Å². The van der Waals surface area contributed by atoms with Gasteiger partial charge in [-0.3, -0.25) is 37.3 Å². The largest absolute Gasteiger partial charge is 0.472 e.